The predicted octanol–water partition coefficient (Wildman–Crippen LogP) is 2.88. The third kappa shape index (κ3) is 5.08. The van der Waals surface area contributed by atoms with Crippen molar-refractivity contribution < 1.29 is 9.53 Å². The van der Waals surface area contributed by atoms with Gasteiger partial charge in [-0.05, 0) is 31.2 Å². The van der Waals surface area contributed by atoms with Gasteiger partial charge in [-0.15, -0.1) is 11.3 Å². The number of methoxy groups -OCH3 is 1. The maximum Gasteiger partial charge on any atom is 0.252 e. The van der Waals surface area contributed by atoms with E-state index in [0.29, 0.717) is 30.2 Å². The molecule has 9 nitrogen and oxygen atoms in total. The van der Waals surface area contributed by atoms with Gasteiger partial charge in [0.2, 0.25) is 5.88 Å². The first-order valence-electron chi connectivity index (χ1n) is 11.5. The number of aromatic nitrogens is 4. The van der Waals surface area contributed by atoms with Crippen LogP contribution in [0.4, 0.5) is 5.82 Å². The Kier molecular flexibility index (Phi) is 6.82. The summed E-state index contributed by atoms with van der Waals surface area (Å²) in [6, 6.07) is 9.49. The summed E-state index contributed by atoms with van der Waals surface area (Å²) in [7, 11) is 3.71. The number of hydrogen-bond acceptors (Lipinski definition) is 9. The lowest BCUT2D eigenvalue weighted by atomic mass is 10.1. The molecule has 0 unspecified atom stereocenters. The minimum atomic E-state index is -0.123. The van der Waals surface area contributed by atoms with Gasteiger partial charge in [-0.2, -0.15) is 0 Å². The van der Waals surface area contributed by atoms with Gasteiger partial charge >= 0.3 is 0 Å². The Morgan fingerprint density at radius 1 is 1.11 bits per heavy atom. The lowest BCUT2D eigenvalue weighted by molar-refractivity contribution is 0.0956. The summed E-state index contributed by atoms with van der Waals surface area (Å²) in [6.45, 7) is 4.05. The van der Waals surface area contributed by atoms with Crippen molar-refractivity contribution in [2.24, 2.45) is 0 Å². The molecule has 180 valence electrons. The molecule has 1 amide bonds. The van der Waals surface area contributed by atoms with Gasteiger partial charge < -0.3 is 19.9 Å². The minimum absolute atomic E-state index is 0.123. The van der Waals surface area contributed by atoms with Crippen LogP contribution in [0, 0.1) is 0 Å². The maximum absolute atomic E-state index is 13.2. The van der Waals surface area contributed by atoms with Crippen LogP contribution in [0.2, 0.25) is 0 Å². The average molecular weight is 490 g/mol. The van der Waals surface area contributed by atoms with Crippen LogP contribution >= 0.6 is 11.3 Å². The number of rotatable bonds is 7. The number of piperazine rings is 1. The Hall–Kier alpha value is -3.63. The zero-order valence-electron chi connectivity index (χ0n) is 19.8. The van der Waals surface area contributed by atoms with E-state index in [9.17, 15) is 4.79 Å². The second kappa shape index (κ2) is 10.3. The molecule has 0 spiro atoms. The van der Waals surface area contributed by atoms with Gasteiger partial charge in [-0.3, -0.25) is 9.78 Å². The van der Waals surface area contributed by atoms with Gasteiger partial charge in [-0.25, -0.2) is 15.0 Å². The topological polar surface area (TPSA) is 96.4 Å². The van der Waals surface area contributed by atoms with E-state index in [-0.39, 0.29) is 5.91 Å². The Balaban J connectivity index is 1.42. The van der Waals surface area contributed by atoms with Crippen molar-refractivity contribution in [3.63, 3.8) is 0 Å². The third-order valence-corrected chi connectivity index (χ3v) is 6.93. The third-order valence-electron chi connectivity index (χ3n) is 6.06. The molecule has 0 aliphatic carbocycles. The van der Waals surface area contributed by atoms with Crippen LogP contribution in [0.5, 0.6) is 5.88 Å². The fourth-order valence-electron chi connectivity index (χ4n) is 4.04. The normalized spacial score (nSPS) is 14.3. The highest BCUT2D eigenvalue weighted by molar-refractivity contribution is 7.17. The molecule has 1 aliphatic heterocycles. The summed E-state index contributed by atoms with van der Waals surface area (Å²) >= 11 is 1.46. The zero-order valence-corrected chi connectivity index (χ0v) is 20.6. The Labute approximate surface area is 207 Å². The van der Waals surface area contributed by atoms with Crippen LogP contribution in [-0.2, 0) is 6.42 Å². The highest BCUT2D eigenvalue weighted by Crippen LogP contribution is 2.34. The standard InChI is InChI=1S/C25H27N7O2S/c1-31-11-13-32(14-12-31)23-21-18(24(33)27-10-8-17-6-7-20(34-2)28-15-17)16-35-25(21)30-22(29-23)19-5-3-4-9-26-19/h3-7,9,15-16H,8,10-14H2,1-2H3,(H,27,33). The number of hydrogen-bond donors (Lipinski definition) is 1. The van der Waals surface area contributed by atoms with Crippen molar-refractivity contribution in [3.05, 3.63) is 59.2 Å². The second-order valence-electron chi connectivity index (χ2n) is 8.42. The summed E-state index contributed by atoms with van der Waals surface area (Å²) in [6.07, 6.45) is 4.18. The van der Waals surface area contributed by atoms with Gasteiger partial charge in [0.15, 0.2) is 5.82 Å². The molecule has 5 rings (SSSR count). The monoisotopic (exact) mass is 489 g/mol. The number of likely N-dealkylation sites (N-methyl/N-ethyl adjacent to an activating group) is 1. The molecule has 1 aliphatic rings. The van der Waals surface area contributed by atoms with Gasteiger partial charge in [0.05, 0.1) is 18.1 Å². The molecule has 0 aromatic carbocycles. The molecule has 5 heterocycles. The summed E-state index contributed by atoms with van der Waals surface area (Å²) in [5, 5.41) is 5.74. The van der Waals surface area contributed by atoms with Crippen molar-refractivity contribution in [3.8, 4) is 17.4 Å². The predicted molar refractivity (Wildman–Crippen MR) is 137 cm³/mol. The number of amides is 1. The molecule has 1 N–H and O–H groups in total. The van der Waals surface area contributed by atoms with E-state index >= 15 is 0 Å². The number of ether oxygens (including phenoxy) is 1. The van der Waals surface area contributed by atoms with Gasteiger partial charge in [-0.1, -0.05) is 12.1 Å². The van der Waals surface area contributed by atoms with E-state index in [1.807, 2.05) is 35.7 Å². The summed E-state index contributed by atoms with van der Waals surface area (Å²) < 4.78 is 5.10. The molecular formula is C25H27N7O2S. The quantitative estimate of drug-likeness (QED) is 0.423. The Morgan fingerprint density at radius 3 is 2.69 bits per heavy atom. The highest BCUT2D eigenvalue weighted by Gasteiger charge is 2.25. The number of carbonyl (C=O) groups is 1. The first-order valence-corrected chi connectivity index (χ1v) is 12.4. The second-order valence-corrected chi connectivity index (χ2v) is 9.28. The van der Waals surface area contributed by atoms with Crippen molar-refractivity contribution in [2.45, 2.75) is 6.42 Å². The first-order chi connectivity index (χ1) is 17.1. The Bertz CT molecular complexity index is 1300. The van der Waals surface area contributed by atoms with Crippen molar-refractivity contribution in [1.82, 2.24) is 30.2 Å². The lowest BCUT2D eigenvalue weighted by Crippen LogP contribution is -2.45. The van der Waals surface area contributed by atoms with Crippen molar-refractivity contribution in [2.75, 3.05) is 51.8 Å². The number of pyridine rings is 2. The van der Waals surface area contributed by atoms with E-state index in [1.165, 1.54) is 11.3 Å². The molecule has 10 heteroatoms. The molecule has 1 saturated heterocycles. The number of thiophene rings is 1. The fourth-order valence-corrected chi connectivity index (χ4v) is 4.96. The van der Waals surface area contributed by atoms with Gasteiger partial charge in [0.1, 0.15) is 16.3 Å². The number of anilines is 1. The maximum atomic E-state index is 13.2. The van der Waals surface area contributed by atoms with Crippen LogP contribution in [0.3, 0.4) is 0 Å². The van der Waals surface area contributed by atoms with Crippen molar-refractivity contribution >= 4 is 33.3 Å². The van der Waals surface area contributed by atoms with E-state index in [4.69, 9.17) is 14.7 Å². The summed E-state index contributed by atoms with van der Waals surface area (Å²) in [5.74, 6) is 1.83. The number of carbonyl (C=O) groups excluding carboxylic acids is 1. The van der Waals surface area contributed by atoms with Crippen LogP contribution < -0.4 is 15.0 Å². The number of nitrogens with one attached hydrogen (secondary N) is 1. The molecule has 0 atom stereocenters. The van der Waals surface area contributed by atoms with Gasteiger partial charge in [0.25, 0.3) is 5.91 Å². The number of nitrogens with zero attached hydrogens (tertiary/aromatic N) is 6. The van der Waals surface area contributed by atoms with E-state index in [1.54, 1.807) is 19.5 Å². The van der Waals surface area contributed by atoms with Crippen molar-refractivity contribution in [1.29, 1.82) is 0 Å². The van der Waals surface area contributed by atoms with Gasteiger partial charge in [0, 0.05) is 56.6 Å². The minimum Gasteiger partial charge on any atom is -0.481 e. The van der Waals surface area contributed by atoms with Crippen LogP contribution in [0.15, 0.2) is 48.1 Å². The fraction of sp³-hybridized carbons (Fsp3) is 0.320. The molecule has 1 fully saturated rings. The van der Waals surface area contributed by atoms with Crippen LogP contribution in [-0.4, -0.2) is 77.6 Å². The lowest BCUT2D eigenvalue weighted by Gasteiger charge is -2.33. The molecule has 4 aromatic heterocycles. The Morgan fingerprint density at radius 2 is 1.97 bits per heavy atom. The highest BCUT2D eigenvalue weighted by atomic mass is 32.1. The SMILES string of the molecule is COc1ccc(CCNC(=O)c2csc3nc(-c4ccccn4)nc(N4CCN(C)CC4)c23)cn1. The molecule has 35 heavy (non-hydrogen) atoms. The summed E-state index contributed by atoms with van der Waals surface area (Å²) in [4.78, 5) is 36.9. The van der Waals surface area contributed by atoms with Crippen LogP contribution in [0.1, 0.15) is 15.9 Å². The van der Waals surface area contributed by atoms with Crippen LogP contribution in [0.25, 0.3) is 21.7 Å². The average Bonchev–Trinajstić information content (AvgIpc) is 3.34. The summed E-state index contributed by atoms with van der Waals surface area (Å²) in [5.41, 5.74) is 2.36. The molecule has 4 aromatic rings. The largest absolute Gasteiger partial charge is 0.481 e. The smallest absolute Gasteiger partial charge is 0.252 e. The number of fused-ring (bicyclic) bond motifs is 1. The van der Waals surface area contributed by atoms with E-state index in [0.717, 1.165) is 53.5 Å². The molecular weight excluding hydrogens is 462 g/mol. The first kappa shape index (κ1) is 23.1. The molecule has 0 bridgehead atoms. The van der Waals surface area contributed by atoms with E-state index < -0.39 is 0 Å². The molecule has 0 radical (unpaired) electrons. The van der Waals surface area contributed by atoms with E-state index in [2.05, 4.69) is 32.1 Å². The molecule has 0 saturated carbocycles. The zero-order chi connectivity index (χ0) is 24.2.